The Morgan fingerprint density at radius 1 is 1.32 bits per heavy atom. The van der Waals surface area contributed by atoms with Gasteiger partial charge in [-0.25, -0.2) is 0 Å². The molecule has 1 fully saturated rings. The van der Waals surface area contributed by atoms with Crippen LogP contribution < -0.4 is 10.6 Å². The predicted octanol–water partition coefficient (Wildman–Crippen LogP) is 5.14. The Morgan fingerprint density at radius 3 is 2.72 bits per heavy atom. The molecule has 25 heavy (non-hydrogen) atoms. The molecule has 6 heteroatoms. The molecule has 1 saturated heterocycles. The van der Waals surface area contributed by atoms with E-state index in [0.717, 1.165) is 36.4 Å². The Labute approximate surface area is 164 Å². The number of thiocarbonyl (C=S) groups is 1. The summed E-state index contributed by atoms with van der Waals surface area (Å²) in [5.41, 5.74) is 3.14. The number of nitrogens with one attached hydrogen (secondary N) is 2. The number of nitrogens with zero attached hydrogens (tertiary/aromatic N) is 1. The first kappa shape index (κ1) is 18.6. The molecule has 0 aliphatic carbocycles. The van der Waals surface area contributed by atoms with Crippen LogP contribution in [0.15, 0.2) is 29.6 Å². The van der Waals surface area contributed by atoms with Crippen LogP contribution in [0.3, 0.4) is 0 Å². The molecule has 1 aliphatic heterocycles. The number of rotatable bonds is 5. The van der Waals surface area contributed by atoms with Gasteiger partial charge in [0.1, 0.15) is 0 Å². The Morgan fingerprint density at radius 2 is 2.08 bits per heavy atom. The molecule has 2 N–H and O–H groups in total. The lowest BCUT2D eigenvalue weighted by atomic mass is 10.1. The predicted molar refractivity (Wildman–Crippen MR) is 113 cm³/mol. The third-order valence-electron chi connectivity index (χ3n) is 4.58. The maximum atomic E-state index is 6.37. The number of thiophene rings is 1. The van der Waals surface area contributed by atoms with Crippen molar-refractivity contribution in [3.63, 3.8) is 0 Å². The number of likely N-dealkylation sites (tertiary alicyclic amines) is 1. The topological polar surface area (TPSA) is 27.3 Å². The number of halogens is 1. The van der Waals surface area contributed by atoms with Crippen molar-refractivity contribution in [1.82, 2.24) is 10.2 Å². The van der Waals surface area contributed by atoms with Crippen LogP contribution in [0.5, 0.6) is 0 Å². The number of aryl methyl sites for hydroxylation is 2. The van der Waals surface area contributed by atoms with Crippen molar-refractivity contribution in [1.29, 1.82) is 0 Å². The van der Waals surface area contributed by atoms with E-state index in [-0.39, 0.29) is 0 Å². The molecular formula is C19H24ClN3S2. The third-order valence-corrected chi connectivity index (χ3v) is 6.10. The van der Waals surface area contributed by atoms with Gasteiger partial charge in [0.05, 0.1) is 16.8 Å². The highest BCUT2D eigenvalue weighted by atomic mass is 35.5. The Kier molecular flexibility index (Phi) is 6.34. The number of hydrogen-bond acceptors (Lipinski definition) is 3. The molecule has 2 aromatic rings. The summed E-state index contributed by atoms with van der Waals surface area (Å²) < 4.78 is 0. The second-order valence-corrected chi connectivity index (χ2v) is 8.34. The van der Waals surface area contributed by atoms with Crippen molar-refractivity contribution < 1.29 is 0 Å². The van der Waals surface area contributed by atoms with Crippen LogP contribution in [-0.4, -0.2) is 29.6 Å². The summed E-state index contributed by atoms with van der Waals surface area (Å²) in [5.74, 6) is 0. The van der Waals surface area contributed by atoms with Gasteiger partial charge in [0.15, 0.2) is 5.11 Å². The van der Waals surface area contributed by atoms with Gasteiger partial charge in [-0.1, -0.05) is 23.7 Å². The SMILES string of the molecule is Cc1cc(C)c(NC(=S)NC[C@@H](c2cccs2)N2CCCC2)c(Cl)c1. The maximum Gasteiger partial charge on any atom is 0.170 e. The van der Waals surface area contributed by atoms with E-state index in [4.69, 9.17) is 23.8 Å². The number of hydrogen-bond donors (Lipinski definition) is 2. The Bertz CT molecular complexity index is 701. The first-order valence-electron chi connectivity index (χ1n) is 8.63. The summed E-state index contributed by atoms with van der Waals surface area (Å²) in [6, 6.07) is 8.77. The zero-order valence-electron chi connectivity index (χ0n) is 14.6. The standard InChI is InChI=1S/C19H24ClN3S2/c1-13-10-14(2)18(15(20)11-13)22-19(24)21-12-16(17-6-5-9-25-17)23-7-3-4-8-23/h5-6,9-11,16H,3-4,7-8,12H2,1-2H3,(H2,21,22,24)/t16-/m0/s1. The minimum absolute atomic E-state index is 0.372. The van der Waals surface area contributed by atoms with E-state index in [1.807, 2.05) is 31.3 Å². The lowest BCUT2D eigenvalue weighted by Crippen LogP contribution is -2.38. The first-order valence-corrected chi connectivity index (χ1v) is 10.3. The van der Waals surface area contributed by atoms with Crippen molar-refractivity contribution in [3.05, 3.63) is 50.7 Å². The van der Waals surface area contributed by atoms with Crippen LogP contribution in [0.4, 0.5) is 5.69 Å². The maximum absolute atomic E-state index is 6.37. The van der Waals surface area contributed by atoms with E-state index in [1.165, 1.54) is 17.7 Å². The van der Waals surface area contributed by atoms with Crippen molar-refractivity contribution in [2.75, 3.05) is 25.0 Å². The molecule has 0 saturated carbocycles. The third kappa shape index (κ3) is 4.73. The quantitative estimate of drug-likeness (QED) is 0.687. The minimum atomic E-state index is 0.372. The average Bonchev–Trinajstić information content (AvgIpc) is 3.25. The van der Waals surface area contributed by atoms with E-state index in [9.17, 15) is 0 Å². The highest BCUT2D eigenvalue weighted by molar-refractivity contribution is 7.80. The van der Waals surface area contributed by atoms with Gasteiger partial charge < -0.3 is 10.6 Å². The normalized spacial score (nSPS) is 16.0. The van der Waals surface area contributed by atoms with Gasteiger partial charge in [-0.15, -0.1) is 11.3 Å². The molecule has 0 unspecified atom stereocenters. The van der Waals surface area contributed by atoms with Crippen molar-refractivity contribution in [2.45, 2.75) is 32.7 Å². The Hall–Kier alpha value is -1.14. The summed E-state index contributed by atoms with van der Waals surface area (Å²) >= 11 is 13.7. The first-order chi connectivity index (χ1) is 12.0. The molecular weight excluding hydrogens is 370 g/mol. The van der Waals surface area contributed by atoms with Crippen LogP contribution in [-0.2, 0) is 0 Å². The largest absolute Gasteiger partial charge is 0.360 e. The summed E-state index contributed by atoms with van der Waals surface area (Å²) in [4.78, 5) is 3.94. The monoisotopic (exact) mass is 393 g/mol. The second kappa shape index (κ2) is 8.49. The lowest BCUT2D eigenvalue weighted by Gasteiger charge is -2.27. The van der Waals surface area contributed by atoms with E-state index in [1.54, 1.807) is 0 Å². The zero-order chi connectivity index (χ0) is 17.8. The summed E-state index contributed by atoms with van der Waals surface area (Å²) in [5, 5.41) is 10.1. The van der Waals surface area contributed by atoms with Crippen LogP contribution in [0.25, 0.3) is 0 Å². The Balaban J connectivity index is 1.64. The lowest BCUT2D eigenvalue weighted by molar-refractivity contribution is 0.249. The van der Waals surface area contributed by atoms with Crippen LogP contribution in [0, 0.1) is 13.8 Å². The van der Waals surface area contributed by atoms with E-state index in [2.05, 4.69) is 39.1 Å². The number of benzene rings is 1. The molecule has 0 spiro atoms. The van der Waals surface area contributed by atoms with Crippen molar-refractivity contribution in [3.8, 4) is 0 Å². The fourth-order valence-corrected chi connectivity index (χ4v) is 4.78. The van der Waals surface area contributed by atoms with Gasteiger partial charge in [-0.2, -0.15) is 0 Å². The molecule has 134 valence electrons. The minimum Gasteiger partial charge on any atom is -0.360 e. The molecule has 0 amide bonds. The van der Waals surface area contributed by atoms with Crippen LogP contribution >= 0.6 is 35.2 Å². The molecule has 2 heterocycles. The number of anilines is 1. The molecule has 0 radical (unpaired) electrons. The van der Waals surface area contributed by atoms with Gasteiger partial charge in [-0.05, 0) is 80.6 Å². The van der Waals surface area contributed by atoms with E-state index < -0.39 is 0 Å². The average molecular weight is 394 g/mol. The van der Waals surface area contributed by atoms with Gasteiger partial charge in [0.2, 0.25) is 0 Å². The fraction of sp³-hybridized carbons (Fsp3) is 0.421. The highest BCUT2D eigenvalue weighted by Crippen LogP contribution is 2.29. The molecule has 1 atom stereocenters. The molecule has 1 aromatic carbocycles. The van der Waals surface area contributed by atoms with Crippen LogP contribution in [0.2, 0.25) is 5.02 Å². The second-order valence-electron chi connectivity index (χ2n) is 6.55. The van der Waals surface area contributed by atoms with Gasteiger partial charge in [-0.3, -0.25) is 4.90 Å². The smallest absolute Gasteiger partial charge is 0.170 e. The molecule has 1 aromatic heterocycles. The van der Waals surface area contributed by atoms with Crippen molar-refractivity contribution >= 4 is 46.0 Å². The van der Waals surface area contributed by atoms with Gasteiger partial charge in [0, 0.05) is 11.4 Å². The van der Waals surface area contributed by atoms with E-state index in [0.29, 0.717) is 16.2 Å². The van der Waals surface area contributed by atoms with Crippen LogP contribution in [0.1, 0.15) is 34.9 Å². The summed E-state index contributed by atoms with van der Waals surface area (Å²) in [6.45, 7) is 7.21. The summed E-state index contributed by atoms with van der Waals surface area (Å²) in [6.07, 6.45) is 2.56. The zero-order valence-corrected chi connectivity index (χ0v) is 17.0. The fourth-order valence-electron chi connectivity index (χ4n) is 3.36. The summed E-state index contributed by atoms with van der Waals surface area (Å²) in [7, 11) is 0. The van der Waals surface area contributed by atoms with Gasteiger partial charge >= 0.3 is 0 Å². The molecule has 3 nitrogen and oxygen atoms in total. The van der Waals surface area contributed by atoms with Gasteiger partial charge in [0.25, 0.3) is 0 Å². The van der Waals surface area contributed by atoms with E-state index >= 15 is 0 Å². The molecule has 3 rings (SSSR count). The van der Waals surface area contributed by atoms with Crippen molar-refractivity contribution in [2.24, 2.45) is 0 Å². The highest BCUT2D eigenvalue weighted by Gasteiger charge is 2.24. The molecule has 1 aliphatic rings. The molecule has 0 bridgehead atoms.